The Morgan fingerprint density at radius 3 is 1.61 bits per heavy atom. The molecule has 0 saturated heterocycles. The molecule has 33 heavy (non-hydrogen) atoms. The predicted molar refractivity (Wildman–Crippen MR) is 132 cm³/mol. The minimum absolute atomic E-state index is 0.0924. The fraction of sp³-hybridized carbons (Fsp3) is 0.120. The maximum Gasteiger partial charge on any atom is 0.444 e. The van der Waals surface area contributed by atoms with E-state index in [0.29, 0.717) is 6.54 Å². The molecule has 0 spiro atoms. The Morgan fingerprint density at radius 1 is 0.818 bits per heavy atom. The molecule has 0 bridgehead atoms. The van der Waals surface area contributed by atoms with E-state index in [0.717, 1.165) is 0 Å². The van der Waals surface area contributed by atoms with Gasteiger partial charge >= 0.3 is 6.18 Å². The monoisotopic (exact) mass is 487 g/mol. The summed E-state index contributed by atoms with van der Waals surface area (Å²) < 4.78 is 37.3. The average molecular weight is 488 g/mol. The number of benzene rings is 3. The summed E-state index contributed by atoms with van der Waals surface area (Å²) in [6.07, 6.45) is -3.24. The number of alkyl halides is 3. The Balaban J connectivity index is 0.000000196. The number of halogens is 4. The molecule has 0 aliphatic rings. The SMILES string of the molecule is CCn1nccc1N=C(Cl)C(F)(F)F.c1ccc(P(c2ccccc2)c2ccccc2)cc1. The van der Waals surface area contributed by atoms with E-state index in [1.54, 1.807) is 6.92 Å². The molecule has 0 N–H and O–H groups in total. The highest BCUT2D eigenvalue weighted by atomic mass is 35.5. The molecule has 0 radical (unpaired) electrons. The van der Waals surface area contributed by atoms with Crippen LogP contribution in [-0.4, -0.2) is 21.1 Å². The number of rotatable bonds is 5. The molecular weight excluding hydrogens is 466 g/mol. The van der Waals surface area contributed by atoms with Crippen molar-refractivity contribution in [1.29, 1.82) is 0 Å². The normalized spacial score (nSPS) is 11.8. The molecule has 8 heteroatoms. The molecule has 0 saturated carbocycles. The van der Waals surface area contributed by atoms with Gasteiger partial charge in [0.1, 0.15) is 0 Å². The first-order valence-corrected chi connectivity index (χ1v) is 11.9. The van der Waals surface area contributed by atoms with Crippen LogP contribution in [0.15, 0.2) is 108 Å². The van der Waals surface area contributed by atoms with Gasteiger partial charge in [0.05, 0.1) is 6.20 Å². The standard InChI is InChI=1S/C18H15P.C7H7ClF3N3/c1-4-10-16(11-5-1)19(17-12-6-2-7-13-17)18-14-8-3-9-15-18;1-2-14-5(3-4-12-14)13-6(8)7(9,10)11/h1-15H;3-4H,2H2,1H3. The second kappa shape index (κ2) is 11.8. The van der Waals surface area contributed by atoms with E-state index in [9.17, 15) is 13.2 Å². The zero-order chi connectivity index (χ0) is 23.7. The van der Waals surface area contributed by atoms with Crippen LogP contribution in [0.1, 0.15) is 6.92 Å². The summed E-state index contributed by atoms with van der Waals surface area (Å²) in [5.74, 6) is 0.0924. The van der Waals surface area contributed by atoms with Crippen LogP contribution in [0.5, 0.6) is 0 Å². The van der Waals surface area contributed by atoms with Crippen molar-refractivity contribution in [2.24, 2.45) is 4.99 Å². The van der Waals surface area contributed by atoms with Gasteiger partial charge in [-0.1, -0.05) is 103 Å². The average Bonchev–Trinajstić information content (AvgIpc) is 3.28. The van der Waals surface area contributed by atoms with Gasteiger partial charge in [-0.3, -0.25) is 0 Å². The number of hydrogen-bond acceptors (Lipinski definition) is 2. The summed E-state index contributed by atoms with van der Waals surface area (Å²) in [6, 6.07) is 33.7. The molecule has 170 valence electrons. The van der Waals surface area contributed by atoms with Crippen molar-refractivity contribution in [2.45, 2.75) is 19.6 Å². The lowest BCUT2D eigenvalue weighted by atomic mass is 10.4. The highest BCUT2D eigenvalue weighted by Gasteiger charge is 2.34. The first-order valence-electron chi connectivity index (χ1n) is 10.2. The van der Waals surface area contributed by atoms with E-state index in [2.05, 4.69) is 101 Å². The van der Waals surface area contributed by atoms with Crippen molar-refractivity contribution in [3.8, 4) is 0 Å². The summed E-state index contributed by atoms with van der Waals surface area (Å²) in [5.41, 5.74) is 0. The first kappa shape index (κ1) is 24.7. The van der Waals surface area contributed by atoms with Gasteiger partial charge in [0.25, 0.3) is 0 Å². The summed E-state index contributed by atoms with van der Waals surface area (Å²) in [6.45, 7) is 2.18. The van der Waals surface area contributed by atoms with E-state index in [-0.39, 0.29) is 5.82 Å². The van der Waals surface area contributed by atoms with Crippen molar-refractivity contribution in [3.63, 3.8) is 0 Å². The highest BCUT2D eigenvalue weighted by molar-refractivity contribution is 7.79. The summed E-state index contributed by atoms with van der Waals surface area (Å²) in [5, 5.41) is 6.55. The van der Waals surface area contributed by atoms with Crippen LogP contribution in [-0.2, 0) is 6.54 Å². The maximum atomic E-state index is 12.0. The van der Waals surface area contributed by atoms with Crippen LogP contribution in [0.2, 0.25) is 0 Å². The van der Waals surface area contributed by atoms with Crippen LogP contribution >= 0.6 is 19.5 Å². The zero-order valence-electron chi connectivity index (χ0n) is 17.8. The minimum atomic E-state index is -4.61. The molecule has 3 aromatic carbocycles. The van der Waals surface area contributed by atoms with Gasteiger partial charge in [0, 0.05) is 12.6 Å². The second-order valence-electron chi connectivity index (χ2n) is 6.75. The summed E-state index contributed by atoms with van der Waals surface area (Å²) >= 11 is 4.96. The van der Waals surface area contributed by atoms with E-state index in [4.69, 9.17) is 11.6 Å². The van der Waals surface area contributed by atoms with Crippen LogP contribution in [0.4, 0.5) is 19.0 Å². The van der Waals surface area contributed by atoms with Gasteiger partial charge in [-0.15, -0.1) is 0 Å². The van der Waals surface area contributed by atoms with E-state index < -0.39 is 19.3 Å². The highest BCUT2D eigenvalue weighted by Crippen LogP contribution is 2.32. The Bertz CT molecular complexity index is 1050. The summed E-state index contributed by atoms with van der Waals surface area (Å²) in [4.78, 5) is 3.22. The molecule has 0 atom stereocenters. The van der Waals surface area contributed by atoms with Gasteiger partial charge in [-0.2, -0.15) is 18.3 Å². The third-order valence-electron chi connectivity index (χ3n) is 4.48. The predicted octanol–water partition coefficient (Wildman–Crippen LogP) is 6.18. The fourth-order valence-corrected chi connectivity index (χ4v) is 5.40. The topological polar surface area (TPSA) is 30.2 Å². The van der Waals surface area contributed by atoms with Crippen LogP contribution < -0.4 is 15.9 Å². The smallest absolute Gasteiger partial charge is 0.248 e. The van der Waals surface area contributed by atoms with Crippen LogP contribution in [0.25, 0.3) is 0 Å². The molecule has 3 nitrogen and oxygen atoms in total. The molecule has 0 fully saturated rings. The quantitative estimate of drug-likeness (QED) is 0.244. The summed E-state index contributed by atoms with van der Waals surface area (Å²) in [7, 11) is -0.446. The molecule has 1 heterocycles. The van der Waals surface area contributed by atoms with Gasteiger partial charge in [0.2, 0.25) is 5.17 Å². The molecular formula is C25H22ClF3N3P. The number of aryl methyl sites for hydroxylation is 1. The van der Waals surface area contributed by atoms with Gasteiger partial charge in [-0.25, -0.2) is 9.67 Å². The lowest BCUT2D eigenvalue weighted by Gasteiger charge is -2.18. The minimum Gasteiger partial charge on any atom is -0.248 e. The van der Waals surface area contributed by atoms with E-state index in [1.165, 1.54) is 32.9 Å². The zero-order valence-corrected chi connectivity index (χ0v) is 19.5. The molecule has 0 aliphatic carbocycles. The van der Waals surface area contributed by atoms with E-state index >= 15 is 0 Å². The second-order valence-corrected chi connectivity index (χ2v) is 9.33. The molecule has 4 aromatic rings. The Kier molecular flexibility index (Phi) is 8.81. The number of nitrogens with zero attached hydrogens (tertiary/aromatic N) is 3. The molecule has 0 aliphatic heterocycles. The maximum absolute atomic E-state index is 12.0. The van der Waals surface area contributed by atoms with Crippen molar-refractivity contribution >= 4 is 46.4 Å². The van der Waals surface area contributed by atoms with Gasteiger partial charge in [-0.05, 0) is 30.8 Å². The Hall–Kier alpha value is -2.95. The fourth-order valence-electron chi connectivity index (χ4n) is 3.01. The molecule has 0 amide bonds. The molecule has 1 aromatic heterocycles. The molecule has 4 rings (SSSR count). The Labute approximate surface area is 197 Å². The van der Waals surface area contributed by atoms with Crippen molar-refractivity contribution in [3.05, 3.63) is 103 Å². The lowest BCUT2D eigenvalue weighted by molar-refractivity contribution is -0.0558. The third kappa shape index (κ3) is 7.01. The largest absolute Gasteiger partial charge is 0.444 e. The van der Waals surface area contributed by atoms with Crippen LogP contribution in [0.3, 0.4) is 0 Å². The van der Waals surface area contributed by atoms with Gasteiger partial charge in [0.15, 0.2) is 5.82 Å². The first-order chi connectivity index (χ1) is 15.9. The van der Waals surface area contributed by atoms with E-state index in [1.807, 2.05) is 0 Å². The van der Waals surface area contributed by atoms with Crippen molar-refractivity contribution in [1.82, 2.24) is 9.78 Å². The van der Waals surface area contributed by atoms with Crippen LogP contribution in [0, 0.1) is 0 Å². The molecule has 0 unspecified atom stereocenters. The van der Waals surface area contributed by atoms with Crippen molar-refractivity contribution in [2.75, 3.05) is 0 Å². The Morgan fingerprint density at radius 2 is 1.24 bits per heavy atom. The lowest BCUT2D eigenvalue weighted by Crippen LogP contribution is -2.20. The van der Waals surface area contributed by atoms with Gasteiger partial charge < -0.3 is 0 Å². The third-order valence-corrected chi connectivity index (χ3v) is 7.23. The number of hydrogen-bond donors (Lipinski definition) is 0. The number of aliphatic imine (C=N–C) groups is 1. The van der Waals surface area contributed by atoms with Crippen molar-refractivity contribution < 1.29 is 13.2 Å². The number of aromatic nitrogens is 2.